The second-order valence-corrected chi connectivity index (χ2v) is 10.4. The van der Waals surface area contributed by atoms with Crippen LogP contribution >= 0.6 is 0 Å². The summed E-state index contributed by atoms with van der Waals surface area (Å²) < 4.78 is 35.2. The average molecular weight is 449 g/mol. The molecule has 9 heteroatoms. The number of carbonyl (C=O) groups is 1. The van der Waals surface area contributed by atoms with Gasteiger partial charge in [-0.2, -0.15) is 4.31 Å². The molecule has 0 radical (unpaired) electrons. The smallest absolute Gasteiger partial charge is 0.243 e. The third-order valence-corrected chi connectivity index (χ3v) is 8.16. The topological polar surface area (TPSA) is 83.9 Å². The third-order valence-electron chi connectivity index (χ3n) is 6.30. The molecule has 1 N–H and O–H groups in total. The Bertz CT molecular complexity index is 1010. The molecule has 0 spiro atoms. The van der Waals surface area contributed by atoms with E-state index in [1.807, 2.05) is 29.9 Å². The molecular formula is C22H32N4O4S. The molecule has 0 aliphatic carbocycles. The van der Waals surface area contributed by atoms with Gasteiger partial charge in [-0.1, -0.05) is 0 Å². The van der Waals surface area contributed by atoms with Gasteiger partial charge in [0.15, 0.2) is 0 Å². The van der Waals surface area contributed by atoms with Crippen LogP contribution in [0.15, 0.2) is 35.4 Å². The Hall–Kier alpha value is -1.94. The molecule has 0 saturated carbocycles. The maximum Gasteiger partial charge on any atom is 0.243 e. The number of ether oxygens (including phenoxy) is 1. The number of nitrogens with one attached hydrogen (secondary N) is 1. The van der Waals surface area contributed by atoms with Gasteiger partial charge in [0.25, 0.3) is 0 Å². The maximum atomic E-state index is 13.2. The molecule has 31 heavy (non-hydrogen) atoms. The number of rotatable bonds is 7. The number of piperidine rings is 1. The molecule has 1 unspecified atom stereocenters. The summed E-state index contributed by atoms with van der Waals surface area (Å²) >= 11 is 0. The molecule has 1 aromatic heterocycles. The number of aromatic nitrogens is 1. The van der Waals surface area contributed by atoms with Gasteiger partial charge in [0, 0.05) is 56.9 Å². The Labute approximate surface area is 184 Å². The minimum Gasteiger partial charge on any atom is -0.379 e. The Kier molecular flexibility index (Phi) is 6.95. The van der Waals surface area contributed by atoms with E-state index in [4.69, 9.17) is 4.74 Å². The van der Waals surface area contributed by atoms with Crippen LogP contribution in [-0.4, -0.2) is 80.6 Å². The summed E-state index contributed by atoms with van der Waals surface area (Å²) in [7, 11) is -1.69. The first-order valence-corrected chi connectivity index (χ1v) is 12.5. The quantitative estimate of drug-likeness (QED) is 0.648. The van der Waals surface area contributed by atoms with Gasteiger partial charge in [0.1, 0.15) is 0 Å². The highest BCUT2D eigenvalue weighted by Crippen LogP contribution is 2.26. The van der Waals surface area contributed by atoms with Crippen LogP contribution in [-0.2, 0) is 26.6 Å². The van der Waals surface area contributed by atoms with E-state index < -0.39 is 10.0 Å². The molecule has 170 valence electrons. The molecule has 2 aliphatic heterocycles. The zero-order chi connectivity index (χ0) is 21.8. The van der Waals surface area contributed by atoms with Crippen molar-refractivity contribution in [2.45, 2.75) is 24.2 Å². The number of carbonyl (C=O) groups excluding carboxylic acids is 1. The van der Waals surface area contributed by atoms with Gasteiger partial charge >= 0.3 is 0 Å². The predicted octanol–water partition coefficient (Wildman–Crippen LogP) is 1.42. The molecular weight excluding hydrogens is 416 g/mol. The van der Waals surface area contributed by atoms with Gasteiger partial charge in [0.05, 0.1) is 24.0 Å². The van der Waals surface area contributed by atoms with Crippen molar-refractivity contribution < 1.29 is 17.9 Å². The molecule has 2 aromatic rings. The number of nitrogens with zero attached hydrogens (tertiary/aromatic N) is 3. The largest absolute Gasteiger partial charge is 0.379 e. The number of morpholine rings is 1. The fourth-order valence-electron chi connectivity index (χ4n) is 4.43. The van der Waals surface area contributed by atoms with Gasteiger partial charge in [-0.05, 0) is 50.1 Å². The summed E-state index contributed by atoms with van der Waals surface area (Å²) in [5.74, 6) is -0.340. The van der Waals surface area contributed by atoms with Crippen LogP contribution in [0.3, 0.4) is 0 Å². The number of fused-ring (bicyclic) bond motifs is 1. The molecule has 1 aromatic carbocycles. The fourth-order valence-corrected chi connectivity index (χ4v) is 5.99. The maximum absolute atomic E-state index is 13.2. The molecule has 1 atom stereocenters. The Balaban J connectivity index is 1.32. The molecule has 3 heterocycles. The second-order valence-electron chi connectivity index (χ2n) is 8.45. The molecule has 2 saturated heterocycles. The monoisotopic (exact) mass is 448 g/mol. The first kappa shape index (κ1) is 22.3. The fraction of sp³-hybridized carbons (Fsp3) is 0.591. The number of hydrogen-bond acceptors (Lipinski definition) is 5. The second kappa shape index (κ2) is 9.68. The van der Waals surface area contributed by atoms with Gasteiger partial charge in [-0.3, -0.25) is 9.69 Å². The lowest BCUT2D eigenvalue weighted by Crippen LogP contribution is -2.45. The number of amides is 1. The van der Waals surface area contributed by atoms with Crippen molar-refractivity contribution in [1.82, 2.24) is 19.1 Å². The predicted molar refractivity (Wildman–Crippen MR) is 119 cm³/mol. The first-order chi connectivity index (χ1) is 14.9. The van der Waals surface area contributed by atoms with E-state index in [1.165, 1.54) is 4.31 Å². The highest BCUT2D eigenvalue weighted by molar-refractivity contribution is 7.89. The van der Waals surface area contributed by atoms with Crippen LogP contribution in [0.25, 0.3) is 10.9 Å². The van der Waals surface area contributed by atoms with Crippen molar-refractivity contribution in [2.24, 2.45) is 13.0 Å². The van der Waals surface area contributed by atoms with Crippen molar-refractivity contribution in [3.05, 3.63) is 30.5 Å². The van der Waals surface area contributed by atoms with Crippen LogP contribution in [0.5, 0.6) is 0 Å². The van der Waals surface area contributed by atoms with Gasteiger partial charge in [-0.25, -0.2) is 8.42 Å². The highest BCUT2D eigenvalue weighted by atomic mass is 32.2. The molecule has 2 aliphatic rings. The van der Waals surface area contributed by atoms with E-state index in [9.17, 15) is 13.2 Å². The van der Waals surface area contributed by atoms with E-state index in [0.29, 0.717) is 19.5 Å². The summed E-state index contributed by atoms with van der Waals surface area (Å²) in [4.78, 5) is 15.3. The van der Waals surface area contributed by atoms with E-state index in [2.05, 4.69) is 10.2 Å². The van der Waals surface area contributed by atoms with Crippen LogP contribution in [0.2, 0.25) is 0 Å². The Morgan fingerprint density at radius 2 is 2.00 bits per heavy atom. The number of sulfonamides is 1. The van der Waals surface area contributed by atoms with Crippen LogP contribution in [0.1, 0.15) is 19.3 Å². The molecule has 4 rings (SSSR count). The Morgan fingerprint density at radius 3 is 2.81 bits per heavy atom. The van der Waals surface area contributed by atoms with Crippen molar-refractivity contribution in [1.29, 1.82) is 0 Å². The van der Waals surface area contributed by atoms with E-state index in [-0.39, 0.29) is 23.3 Å². The first-order valence-electron chi connectivity index (χ1n) is 11.1. The zero-order valence-corrected chi connectivity index (χ0v) is 18.9. The van der Waals surface area contributed by atoms with E-state index in [1.54, 1.807) is 12.1 Å². The number of hydrogen-bond donors (Lipinski definition) is 1. The summed E-state index contributed by atoms with van der Waals surface area (Å²) in [5, 5.41) is 3.91. The van der Waals surface area contributed by atoms with Gasteiger partial charge < -0.3 is 14.6 Å². The summed E-state index contributed by atoms with van der Waals surface area (Å²) in [6, 6.07) is 7.13. The molecule has 8 nitrogen and oxygen atoms in total. The highest BCUT2D eigenvalue weighted by Gasteiger charge is 2.33. The molecule has 1 amide bonds. The molecule has 0 bridgehead atoms. The lowest BCUT2D eigenvalue weighted by atomic mass is 9.99. The van der Waals surface area contributed by atoms with Crippen molar-refractivity contribution >= 4 is 26.8 Å². The normalized spacial score (nSPS) is 21.4. The van der Waals surface area contributed by atoms with Crippen molar-refractivity contribution in [3.63, 3.8) is 0 Å². The minimum absolute atomic E-state index is 0.0413. The van der Waals surface area contributed by atoms with Gasteiger partial charge in [0.2, 0.25) is 15.9 Å². The third kappa shape index (κ3) is 5.11. The number of benzene rings is 1. The average Bonchev–Trinajstić information content (AvgIpc) is 3.17. The minimum atomic E-state index is -3.62. The van der Waals surface area contributed by atoms with Gasteiger partial charge in [-0.15, -0.1) is 0 Å². The standard InChI is InChI=1S/C22H32N4O4S/c1-24-11-7-18-16-20(5-6-21(18)24)31(28,29)26-10-2-4-19(17-26)22(27)23-8-3-9-25-12-14-30-15-13-25/h5-7,11,16,19H,2-4,8-10,12-15,17H2,1H3,(H,23,27). The summed E-state index contributed by atoms with van der Waals surface area (Å²) in [6.07, 6.45) is 4.22. The SMILES string of the molecule is Cn1ccc2cc(S(=O)(=O)N3CCCC(C(=O)NCCCN4CCOCC4)C3)ccc21. The zero-order valence-electron chi connectivity index (χ0n) is 18.1. The molecule has 2 fully saturated rings. The van der Waals surface area contributed by atoms with Crippen molar-refractivity contribution in [2.75, 3.05) is 52.5 Å². The van der Waals surface area contributed by atoms with Crippen LogP contribution in [0.4, 0.5) is 0 Å². The van der Waals surface area contributed by atoms with E-state index >= 15 is 0 Å². The lowest BCUT2D eigenvalue weighted by molar-refractivity contribution is -0.126. The number of aryl methyl sites for hydroxylation is 1. The Morgan fingerprint density at radius 1 is 1.19 bits per heavy atom. The summed E-state index contributed by atoms with van der Waals surface area (Å²) in [5.41, 5.74) is 0.993. The van der Waals surface area contributed by atoms with E-state index in [0.717, 1.165) is 56.6 Å². The lowest BCUT2D eigenvalue weighted by Gasteiger charge is -2.31. The van der Waals surface area contributed by atoms with Crippen LogP contribution in [0, 0.1) is 5.92 Å². The van der Waals surface area contributed by atoms with Crippen LogP contribution < -0.4 is 5.32 Å². The van der Waals surface area contributed by atoms with Crippen molar-refractivity contribution in [3.8, 4) is 0 Å². The summed E-state index contributed by atoms with van der Waals surface area (Å²) in [6.45, 7) is 5.68.